The fourth-order valence-electron chi connectivity index (χ4n) is 1.71. The number of nitrogens with zero attached hydrogens (tertiary/aromatic N) is 1. The molecule has 1 atom stereocenters. The molecule has 0 fully saturated rings. The summed E-state index contributed by atoms with van der Waals surface area (Å²) < 4.78 is 13.8. The molecular formula is C13H18BrFN2O. The molecule has 0 aliphatic heterocycles. The lowest BCUT2D eigenvalue weighted by Crippen LogP contribution is -2.41. The van der Waals surface area contributed by atoms with Crippen LogP contribution in [0.5, 0.6) is 0 Å². The van der Waals surface area contributed by atoms with E-state index in [1.807, 2.05) is 13.8 Å². The van der Waals surface area contributed by atoms with Gasteiger partial charge in [-0.1, -0.05) is 0 Å². The zero-order valence-corrected chi connectivity index (χ0v) is 12.4. The monoisotopic (exact) mass is 316 g/mol. The van der Waals surface area contributed by atoms with Crippen LogP contribution >= 0.6 is 15.9 Å². The topological polar surface area (TPSA) is 32.3 Å². The van der Waals surface area contributed by atoms with Gasteiger partial charge in [-0.25, -0.2) is 4.39 Å². The van der Waals surface area contributed by atoms with Crippen LogP contribution in [0.2, 0.25) is 0 Å². The van der Waals surface area contributed by atoms with Crippen LogP contribution in [0.4, 0.5) is 10.1 Å². The fraction of sp³-hybridized carbons (Fsp3) is 0.462. The number of halogens is 2. The zero-order valence-electron chi connectivity index (χ0n) is 10.8. The molecule has 0 saturated carbocycles. The minimum absolute atomic E-state index is 0.0170. The highest BCUT2D eigenvalue weighted by Crippen LogP contribution is 2.20. The average molecular weight is 317 g/mol. The van der Waals surface area contributed by atoms with Gasteiger partial charge in [0.15, 0.2) is 0 Å². The smallest absolute Gasteiger partial charge is 0.244 e. The maximum atomic E-state index is 13.3. The molecule has 100 valence electrons. The van der Waals surface area contributed by atoms with Crippen molar-refractivity contribution in [1.82, 2.24) is 4.90 Å². The number of nitrogens with one attached hydrogen (secondary N) is 1. The summed E-state index contributed by atoms with van der Waals surface area (Å²) in [7, 11) is 0. The Morgan fingerprint density at radius 3 is 2.56 bits per heavy atom. The molecule has 3 nitrogen and oxygen atoms in total. The molecule has 0 aliphatic carbocycles. The Bertz CT molecular complexity index is 421. The lowest BCUT2D eigenvalue weighted by Gasteiger charge is -2.24. The van der Waals surface area contributed by atoms with E-state index in [4.69, 9.17) is 0 Å². The average Bonchev–Trinajstić information content (AvgIpc) is 2.35. The first-order chi connectivity index (χ1) is 8.49. The van der Waals surface area contributed by atoms with E-state index in [1.54, 1.807) is 24.0 Å². The quantitative estimate of drug-likeness (QED) is 0.904. The van der Waals surface area contributed by atoms with E-state index < -0.39 is 0 Å². The Morgan fingerprint density at radius 1 is 1.44 bits per heavy atom. The van der Waals surface area contributed by atoms with Crippen molar-refractivity contribution in [2.45, 2.75) is 26.8 Å². The van der Waals surface area contributed by atoms with Gasteiger partial charge in [0.25, 0.3) is 0 Å². The minimum Gasteiger partial charge on any atom is -0.374 e. The molecule has 0 aromatic heterocycles. The van der Waals surface area contributed by atoms with E-state index >= 15 is 0 Å². The third kappa shape index (κ3) is 3.70. The number of hydrogen-bond acceptors (Lipinski definition) is 2. The number of benzene rings is 1. The Morgan fingerprint density at radius 2 is 2.06 bits per heavy atom. The van der Waals surface area contributed by atoms with Gasteiger partial charge in [-0.2, -0.15) is 0 Å². The molecule has 0 saturated heterocycles. The van der Waals surface area contributed by atoms with Crippen molar-refractivity contribution in [3.05, 3.63) is 28.5 Å². The van der Waals surface area contributed by atoms with Crippen LogP contribution in [0.1, 0.15) is 20.8 Å². The van der Waals surface area contributed by atoms with E-state index in [-0.39, 0.29) is 17.8 Å². The zero-order chi connectivity index (χ0) is 13.7. The Kier molecular flexibility index (Phi) is 5.59. The van der Waals surface area contributed by atoms with Gasteiger partial charge >= 0.3 is 0 Å². The third-order valence-corrected chi connectivity index (χ3v) is 3.39. The summed E-state index contributed by atoms with van der Waals surface area (Å²) in [6.45, 7) is 7.01. The number of amides is 1. The molecule has 0 heterocycles. The predicted molar refractivity (Wildman–Crippen MR) is 75.1 cm³/mol. The summed E-state index contributed by atoms with van der Waals surface area (Å²) >= 11 is 3.09. The van der Waals surface area contributed by atoms with Crippen LogP contribution in [0.3, 0.4) is 0 Å². The number of carbonyl (C=O) groups excluding carboxylic acids is 1. The van der Waals surface area contributed by atoms with Crippen molar-refractivity contribution in [2.75, 3.05) is 18.4 Å². The summed E-state index contributed by atoms with van der Waals surface area (Å²) in [4.78, 5) is 13.8. The van der Waals surface area contributed by atoms with Crippen molar-refractivity contribution in [3.63, 3.8) is 0 Å². The predicted octanol–water partition coefficient (Wildman–Crippen LogP) is 3.26. The van der Waals surface area contributed by atoms with Gasteiger partial charge < -0.3 is 10.2 Å². The summed E-state index contributed by atoms with van der Waals surface area (Å²) in [6, 6.07) is 4.35. The van der Waals surface area contributed by atoms with Crippen molar-refractivity contribution >= 4 is 27.5 Å². The van der Waals surface area contributed by atoms with Gasteiger partial charge in [-0.05, 0) is 54.9 Å². The molecule has 0 radical (unpaired) electrons. The molecule has 5 heteroatoms. The van der Waals surface area contributed by atoms with Crippen molar-refractivity contribution in [2.24, 2.45) is 0 Å². The molecule has 0 aliphatic rings. The molecule has 1 rings (SSSR count). The van der Waals surface area contributed by atoms with Crippen LogP contribution in [0.25, 0.3) is 0 Å². The highest BCUT2D eigenvalue weighted by Gasteiger charge is 2.17. The first kappa shape index (κ1) is 15.0. The van der Waals surface area contributed by atoms with Gasteiger partial charge in [-0.3, -0.25) is 4.79 Å². The second kappa shape index (κ2) is 6.73. The van der Waals surface area contributed by atoms with Gasteiger partial charge in [-0.15, -0.1) is 0 Å². The third-order valence-electron chi connectivity index (χ3n) is 2.75. The SMILES string of the molecule is CCN(CC)C(=O)C(C)Nc1ccc(Br)c(F)c1. The molecule has 0 spiro atoms. The van der Waals surface area contributed by atoms with Crippen LogP contribution < -0.4 is 5.32 Å². The lowest BCUT2D eigenvalue weighted by atomic mass is 10.2. The molecule has 1 aromatic carbocycles. The molecule has 18 heavy (non-hydrogen) atoms. The summed E-state index contributed by atoms with van der Waals surface area (Å²) in [5.74, 6) is -0.328. The van der Waals surface area contributed by atoms with Gasteiger partial charge in [0.2, 0.25) is 5.91 Å². The van der Waals surface area contributed by atoms with Crippen molar-refractivity contribution in [1.29, 1.82) is 0 Å². The van der Waals surface area contributed by atoms with Crippen molar-refractivity contribution < 1.29 is 9.18 Å². The second-order valence-corrected chi connectivity index (χ2v) is 4.86. The Hall–Kier alpha value is -1.10. The van der Waals surface area contributed by atoms with Crippen LogP contribution in [-0.2, 0) is 4.79 Å². The lowest BCUT2D eigenvalue weighted by molar-refractivity contribution is -0.131. The van der Waals surface area contributed by atoms with Crippen LogP contribution in [0.15, 0.2) is 22.7 Å². The van der Waals surface area contributed by atoms with E-state index in [1.165, 1.54) is 6.07 Å². The molecule has 1 amide bonds. The summed E-state index contributed by atoms with van der Waals surface area (Å²) in [6.07, 6.45) is 0. The second-order valence-electron chi connectivity index (χ2n) is 4.01. The highest BCUT2D eigenvalue weighted by molar-refractivity contribution is 9.10. The molecule has 1 unspecified atom stereocenters. The number of anilines is 1. The van der Waals surface area contributed by atoms with Crippen LogP contribution in [-0.4, -0.2) is 29.9 Å². The number of rotatable bonds is 5. The van der Waals surface area contributed by atoms with E-state index in [9.17, 15) is 9.18 Å². The molecule has 0 bridgehead atoms. The minimum atomic E-state index is -0.370. The Labute approximate surface area is 115 Å². The summed E-state index contributed by atoms with van der Waals surface area (Å²) in [5.41, 5.74) is 0.601. The number of likely N-dealkylation sites (N-methyl/N-ethyl adjacent to an activating group) is 1. The molecule has 1 aromatic rings. The standard InChI is InChI=1S/C13H18BrFN2O/c1-4-17(5-2)13(18)9(3)16-10-6-7-11(14)12(15)8-10/h6-9,16H,4-5H2,1-3H3. The normalized spacial score (nSPS) is 12.1. The maximum Gasteiger partial charge on any atom is 0.244 e. The number of hydrogen-bond donors (Lipinski definition) is 1. The van der Waals surface area contributed by atoms with Gasteiger partial charge in [0.1, 0.15) is 11.9 Å². The highest BCUT2D eigenvalue weighted by atomic mass is 79.9. The van der Waals surface area contributed by atoms with Crippen LogP contribution in [0, 0.1) is 5.82 Å². The molecular weight excluding hydrogens is 299 g/mol. The van der Waals surface area contributed by atoms with Crippen molar-refractivity contribution in [3.8, 4) is 0 Å². The Balaban J connectivity index is 2.71. The first-order valence-corrected chi connectivity index (χ1v) is 6.79. The van der Waals surface area contributed by atoms with E-state index in [0.29, 0.717) is 23.2 Å². The summed E-state index contributed by atoms with van der Waals surface area (Å²) in [5, 5.41) is 3.01. The van der Waals surface area contributed by atoms with E-state index in [2.05, 4.69) is 21.2 Å². The fourth-order valence-corrected chi connectivity index (χ4v) is 1.95. The first-order valence-electron chi connectivity index (χ1n) is 6.00. The largest absolute Gasteiger partial charge is 0.374 e. The number of carbonyl (C=O) groups is 1. The molecule has 1 N–H and O–H groups in total. The maximum absolute atomic E-state index is 13.3. The van der Waals surface area contributed by atoms with Gasteiger partial charge in [0.05, 0.1) is 4.47 Å². The van der Waals surface area contributed by atoms with Gasteiger partial charge in [0, 0.05) is 18.8 Å². The van der Waals surface area contributed by atoms with E-state index in [0.717, 1.165) is 0 Å².